The molecule has 0 spiro atoms. The van der Waals surface area contributed by atoms with E-state index in [1.165, 1.54) is 8.61 Å². The van der Waals surface area contributed by atoms with Crippen molar-refractivity contribution in [1.29, 1.82) is 0 Å². The van der Waals surface area contributed by atoms with Crippen molar-refractivity contribution in [3.05, 3.63) is 71.0 Å². The fourth-order valence-corrected chi connectivity index (χ4v) is 10.8. The summed E-state index contributed by atoms with van der Waals surface area (Å²) in [5.41, 5.74) is 6.25. The van der Waals surface area contributed by atoms with Crippen molar-refractivity contribution in [2.45, 2.75) is 114 Å². The molecule has 2 fully saturated rings. The summed E-state index contributed by atoms with van der Waals surface area (Å²) in [7, 11) is -3.49. The van der Waals surface area contributed by atoms with Crippen molar-refractivity contribution in [1.82, 2.24) is 31.0 Å². The molecule has 0 saturated heterocycles. The van der Waals surface area contributed by atoms with E-state index in [2.05, 4.69) is 41.7 Å². The Morgan fingerprint density at radius 1 is 0.700 bits per heavy atom. The van der Waals surface area contributed by atoms with E-state index in [9.17, 15) is 26.4 Å². The number of benzene rings is 2. The average molecular weight is 867 g/mol. The Bertz CT molecular complexity index is 2420. The van der Waals surface area contributed by atoms with E-state index < -0.39 is 20.0 Å². The Balaban J connectivity index is 0.000000181. The zero-order valence-corrected chi connectivity index (χ0v) is 36.2. The van der Waals surface area contributed by atoms with E-state index in [1.807, 2.05) is 70.2 Å². The summed E-state index contributed by atoms with van der Waals surface area (Å²) in [6, 6.07) is 15.0. The van der Waals surface area contributed by atoms with Gasteiger partial charge in [0.1, 0.15) is 12.2 Å². The van der Waals surface area contributed by atoms with Crippen LogP contribution in [0.15, 0.2) is 48.5 Å². The van der Waals surface area contributed by atoms with Gasteiger partial charge in [-0.3, -0.25) is 18.8 Å². The van der Waals surface area contributed by atoms with E-state index in [0.717, 1.165) is 66.7 Å². The summed E-state index contributed by atoms with van der Waals surface area (Å²) in [4.78, 5) is 23.6. The molecule has 18 nitrogen and oxygen atoms in total. The number of H-pyrrole nitrogens is 2. The Labute approximate surface area is 350 Å². The number of anilines is 6. The number of hydrogen-bond acceptors (Lipinski definition) is 12. The van der Waals surface area contributed by atoms with E-state index in [4.69, 9.17) is 9.47 Å². The van der Waals surface area contributed by atoms with Crippen LogP contribution in [-0.4, -0.2) is 87.8 Å². The number of rotatable bonds is 10. The number of amides is 2. The lowest BCUT2D eigenvalue weighted by Crippen LogP contribution is -2.33. The molecule has 6 N–H and O–H groups in total. The SMILES string of the molecule is CC(C)NC(=O)O[C@@H]1CC[C@H](c2cc(Nc3cccc4c3CS(=O)(=O)N4C)n[nH]2)C1.CC(C)NC(=O)O[C@@H]1CC[C@H](c2cc(Nc3cccc4c3N(C)S(=O)(=O)C4)n[nH]2)C1. The van der Waals surface area contributed by atoms with E-state index in [1.54, 1.807) is 20.2 Å². The lowest BCUT2D eigenvalue weighted by Gasteiger charge is -2.16. The number of alkyl carbamates (subject to hydrolysis) is 2. The van der Waals surface area contributed by atoms with E-state index in [-0.39, 0.29) is 59.8 Å². The smallest absolute Gasteiger partial charge is 0.407 e. The molecule has 2 aromatic carbocycles. The van der Waals surface area contributed by atoms with Crippen molar-refractivity contribution in [3.8, 4) is 0 Å². The molecule has 4 heterocycles. The largest absolute Gasteiger partial charge is 0.446 e. The van der Waals surface area contributed by atoms with Crippen LogP contribution in [0.1, 0.15) is 101 Å². The average Bonchev–Trinajstić information content (AvgIpc) is 4.02. The predicted octanol–water partition coefficient (Wildman–Crippen LogP) is 6.41. The molecule has 4 aromatic rings. The maximum absolute atomic E-state index is 12.2. The minimum absolute atomic E-state index is 0.00795. The van der Waals surface area contributed by atoms with Gasteiger partial charge in [0.25, 0.3) is 0 Å². The van der Waals surface area contributed by atoms with Gasteiger partial charge in [0.05, 0.1) is 28.6 Å². The normalized spacial score (nSPS) is 22.2. The minimum atomic E-state index is -3.31. The number of para-hydroxylation sites is 1. The second kappa shape index (κ2) is 17.2. The summed E-state index contributed by atoms with van der Waals surface area (Å²) in [6.45, 7) is 7.58. The minimum Gasteiger partial charge on any atom is -0.446 e. The predicted molar refractivity (Wildman–Crippen MR) is 229 cm³/mol. The molecule has 60 heavy (non-hydrogen) atoms. The number of hydrogen-bond donors (Lipinski definition) is 6. The van der Waals surface area contributed by atoms with Crippen LogP contribution >= 0.6 is 0 Å². The first kappa shape index (κ1) is 42.6. The third kappa shape index (κ3) is 9.59. The molecule has 0 bridgehead atoms. The van der Waals surface area contributed by atoms with Gasteiger partial charge in [-0.2, -0.15) is 10.2 Å². The first-order chi connectivity index (χ1) is 28.5. The van der Waals surface area contributed by atoms with Gasteiger partial charge >= 0.3 is 12.2 Å². The Morgan fingerprint density at radius 2 is 1.20 bits per heavy atom. The van der Waals surface area contributed by atoms with Crippen LogP contribution in [0.3, 0.4) is 0 Å². The van der Waals surface area contributed by atoms with Gasteiger partial charge < -0.3 is 30.7 Å². The molecule has 4 atom stereocenters. The zero-order chi connectivity index (χ0) is 42.9. The molecule has 0 unspecified atom stereocenters. The monoisotopic (exact) mass is 866 g/mol. The van der Waals surface area contributed by atoms with E-state index >= 15 is 0 Å². The van der Waals surface area contributed by atoms with Gasteiger partial charge in [0, 0.05) is 72.8 Å². The fourth-order valence-electron chi connectivity index (χ4n) is 8.18. The van der Waals surface area contributed by atoms with Gasteiger partial charge in [-0.1, -0.05) is 18.2 Å². The fraction of sp³-hybridized carbons (Fsp3) is 0.500. The number of aromatic nitrogens is 4. The van der Waals surface area contributed by atoms with Crippen LogP contribution in [-0.2, 0) is 41.0 Å². The summed E-state index contributed by atoms with van der Waals surface area (Å²) in [6.07, 6.45) is 3.97. The molecule has 324 valence electrons. The maximum Gasteiger partial charge on any atom is 0.407 e. The Kier molecular flexibility index (Phi) is 12.2. The molecule has 20 heteroatoms. The van der Waals surface area contributed by atoms with Crippen molar-refractivity contribution < 1.29 is 35.9 Å². The summed E-state index contributed by atoms with van der Waals surface area (Å²) >= 11 is 0. The van der Waals surface area contributed by atoms with Crippen LogP contribution in [0.2, 0.25) is 0 Å². The second-order valence-electron chi connectivity index (χ2n) is 16.4. The summed E-state index contributed by atoms with van der Waals surface area (Å²) in [5, 5.41) is 26.8. The topological polar surface area (TPSA) is 233 Å². The molecule has 2 amide bonds. The molecule has 4 aliphatic rings. The third-order valence-corrected chi connectivity index (χ3v) is 14.5. The maximum atomic E-state index is 12.2. The molecule has 0 radical (unpaired) electrons. The van der Waals surface area contributed by atoms with Crippen LogP contribution in [0.4, 0.5) is 44.0 Å². The molecule has 2 saturated carbocycles. The number of carbonyl (C=O) groups is 2. The van der Waals surface area contributed by atoms with Gasteiger partial charge in [-0.15, -0.1) is 0 Å². The number of fused-ring (bicyclic) bond motifs is 2. The summed E-state index contributed by atoms with van der Waals surface area (Å²) in [5.74, 6) is 1.70. The Hall–Kier alpha value is -5.50. The van der Waals surface area contributed by atoms with Crippen LogP contribution < -0.4 is 29.9 Å². The third-order valence-electron chi connectivity index (χ3n) is 11.2. The highest BCUT2D eigenvalue weighted by molar-refractivity contribution is 7.92. The highest BCUT2D eigenvalue weighted by atomic mass is 32.2. The molecule has 2 aromatic heterocycles. The van der Waals surface area contributed by atoms with Crippen molar-refractivity contribution in [2.24, 2.45) is 0 Å². The first-order valence-electron chi connectivity index (χ1n) is 20.2. The van der Waals surface area contributed by atoms with Crippen molar-refractivity contribution in [2.75, 3.05) is 33.3 Å². The van der Waals surface area contributed by atoms with Crippen molar-refractivity contribution >= 4 is 66.6 Å². The number of nitrogens with zero attached hydrogens (tertiary/aromatic N) is 4. The quantitative estimate of drug-likeness (QED) is 0.102. The highest BCUT2D eigenvalue weighted by Gasteiger charge is 2.35. The lowest BCUT2D eigenvalue weighted by molar-refractivity contribution is 0.0972. The molecular formula is C40H54N10O8S2. The molecule has 2 aliphatic heterocycles. The van der Waals surface area contributed by atoms with Gasteiger partial charge in [0.15, 0.2) is 11.6 Å². The Morgan fingerprint density at radius 3 is 1.75 bits per heavy atom. The number of sulfonamides is 2. The van der Waals surface area contributed by atoms with Crippen LogP contribution in [0.5, 0.6) is 0 Å². The molecule has 8 rings (SSSR count). The van der Waals surface area contributed by atoms with Gasteiger partial charge in [-0.05, 0) is 90.0 Å². The number of nitrogens with one attached hydrogen (secondary N) is 6. The highest BCUT2D eigenvalue weighted by Crippen LogP contribution is 2.42. The van der Waals surface area contributed by atoms with Crippen molar-refractivity contribution in [3.63, 3.8) is 0 Å². The molecule has 2 aliphatic carbocycles. The number of ether oxygens (including phenoxy) is 2. The second-order valence-corrected chi connectivity index (χ2v) is 20.4. The van der Waals surface area contributed by atoms with E-state index in [0.29, 0.717) is 28.7 Å². The lowest BCUT2D eigenvalue weighted by atomic mass is 10.0. The first-order valence-corrected chi connectivity index (χ1v) is 23.4. The van der Waals surface area contributed by atoms with Gasteiger partial charge in [0.2, 0.25) is 20.0 Å². The number of aromatic amines is 2. The molecular weight excluding hydrogens is 813 g/mol. The summed E-state index contributed by atoms with van der Waals surface area (Å²) < 4.78 is 62.4. The van der Waals surface area contributed by atoms with Crippen LogP contribution in [0.25, 0.3) is 0 Å². The van der Waals surface area contributed by atoms with Gasteiger partial charge in [-0.25, -0.2) is 26.4 Å². The number of carbonyl (C=O) groups excluding carboxylic acids is 2. The van der Waals surface area contributed by atoms with Crippen LogP contribution in [0, 0.1) is 0 Å². The zero-order valence-electron chi connectivity index (χ0n) is 34.6. The standard InChI is InChI=1S/2C20H27N5O4S/c1-12(2)21-20(26)29-14-8-7-13(9-14)17-10-19(24-23-17)22-16-5-4-6-18-15(16)11-30(27,28)25(18)3;1-12(2)21-20(26)29-15-8-7-13(9-15)17-10-18(24-23-17)22-16-6-4-5-14-11-30(27,28)25(3)19(14)16/h4-6,10,12-14H,7-9,11H2,1-3H3,(H,21,26)(H2,22,23,24);4-6,10,12-13,15H,7-9,11H2,1-3H3,(H,21,26)(H2,22,23,24)/t13-,14+;13-,15+/m00/s1.